The molecule has 4 heteroatoms. The molecule has 106 valence electrons. The summed E-state index contributed by atoms with van der Waals surface area (Å²) in [5.74, 6) is -1.32. The van der Waals surface area contributed by atoms with Crippen LogP contribution in [-0.4, -0.2) is 31.6 Å². The summed E-state index contributed by atoms with van der Waals surface area (Å²) in [7, 11) is 1.50. The van der Waals surface area contributed by atoms with Gasteiger partial charge in [0.05, 0.1) is 6.61 Å². The molecule has 0 heterocycles. The van der Waals surface area contributed by atoms with Gasteiger partial charge in [-0.25, -0.2) is 0 Å². The summed E-state index contributed by atoms with van der Waals surface area (Å²) in [6.07, 6.45) is 0.683. The fourth-order valence-electron chi connectivity index (χ4n) is 1.99. The molecule has 0 N–H and O–H groups in total. The summed E-state index contributed by atoms with van der Waals surface area (Å²) in [6, 6.07) is 0. The zero-order chi connectivity index (χ0) is 14.3. The molecule has 0 aliphatic carbocycles. The molecule has 0 aliphatic rings. The number of ether oxygens (including phenoxy) is 2. The summed E-state index contributed by atoms with van der Waals surface area (Å²) >= 11 is 0. The number of Topliss-reactive ketones (excluding diaryl/α,β-unsaturated/α-hetero) is 1. The zero-order valence-corrected chi connectivity index (χ0v) is 12.4. The van der Waals surface area contributed by atoms with E-state index in [1.54, 1.807) is 6.92 Å². The van der Waals surface area contributed by atoms with Gasteiger partial charge in [-0.05, 0) is 18.8 Å². The average molecular weight is 258 g/mol. The van der Waals surface area contributed by atoms with Crippen LogP contribution >= 0.6 is 0 Å². The molecule has 0 bridgehead atoms. The van der Waals surface area contributed by atoms with Crippen LogP contribution in [0.2, 0.25) is 0 Å². The Kier molecular flexibility index (Phi) is 7.14. The number of hydrogen-bond donors (Lipinski definition) is 0. The van der Waals surface area contributed by atoms with Crippen LogP contribution in [0.1, 0.15) is 47.5 Å². The van der Waals surface area contributed by atoms with E-state index >= 15 is 0 Å². The van der Waals surface area contributed by atoms with Crippen molar-refractivity contribution in [2.24, 2.45) is 11.3 Å². The van der Waals surface area contributed by atoms with Gasteiger partial charge >= 0.3 is 5.97 Å². The Morgan fingerprint density at radius 3 is 2.06 bits per heavy atom. The molecule has 0 rings (SSSR count). The number of carbonyl (C=O) groups excluding carboxylic acids is 2. The van der Waals surface area contributed by atoms with E-state index in [0.29, 0.717) is 13.0 Å². The van der Waals surface area contributed by atoms with Crippen LogP contribution < -0.4 is 0 Å². The van der Waals surface area contributed by atoms with Crippen molar-refractivity contribution in [1.82, 2.24) is 0 Å². The highest BCUT2D eigenvalue weighted by Crippen LogP contribution is 2.26. The van der Waals surface area contributed by atoms with Crippen molar-refractivity contribution < 1.29 is 19.1 Å². The molecule has 0 aromatic rings. The topological polar surface area (TPSA) is 52.6 Å². The number of rotatable bonds is 7. The second-order valence-electron chi connectivity index (χ2n) is 5.48. The molecule has 18 heavy (non-hydrogen) atoms. The number of ketones is 1. The van der Waals surface area contributed by atoms with Gasteiger partial charge in [-0.1, -0.05) is 34.1 Å². The van der Waals surface area contributed by atoms with Gasteiger partial charge in [0.15, 0.2) is 5.78 Å². The average Bonchev–Trinajstić information content (AvgIpc) is 2.24. The highest BCUT2D eigenvalue weighted by Gasteiger charge is 2.38. The molecule has 0 aromatic heterocycles. The molecule has 0 aromatic carbocycles. The molecule has 0 fully saturated rings. The first-order valence-corrected chi connectivity index (χ1v) is 6.52. The number of methoxy groups -OCH3 is 1. The van der Waals surface area contributed by atoms with Crippen LogP contribution in [0.25, 0.3) is 0 Å². The first-order chi connectivity index (χ1) is 8.29. The van der Waals surface area contributed by atoms with Crippen molar-refractivity contribution >= 4 is 11.8 Å². The third-order valence-corrected chi connectivity index (χ3v) is 2.77. The summed E-state index contributed by atoms with van der Waals surface area (Å²) in [5, 5.41) is 0. The van der Waals surface area contributed by atoms with Crippen LogP contribution in [0.4, 0.5) is 0 Å². The molecule has 2 atom stereocenters. The lowest BCUT2D eigenvalue weighted by Gasteiger charge is -2.30. The number of carbonyl (C=O) groups is 2. The Morgan fingerprint density at radius 1 is 1.17 bits per heavy atom. The Bertz CT molecular complexity index is 278. The minimum absolute atomic E-state index is 0.176. The quantitative estimate of drug-likeness (QED) is 0.520. The van der Waals surface area contributed by atoms with Crippen molar-refractivity contribution in [2.75, 3.05) is 13.7 Å². The molecule has 0 aliphatic heterocycles. The minimum Gasteiger partial charge on any atom is -0.465 e. The second kappa shape index (κ2) is 7.52. The standard InChI is InChI=1S/C14H26O4/c1-7-9-10(13(16)18-8-2)11(15)12(17-6)14(3,4)5/h10,12H,7-9H2,1-6H3. The van der Waals surface area contributed by atoms with E-state index in [-0.39, 0.29) is 11.2 Å². The fraction of sp³-hybridized carbons (Fsp3) is 0.857. The smallest absolute Gasteiger partial charge is 0.316 e. The maximum absolute atomic E-state index is 12.4. The molecule has 0 spiro atoms. The molecule has 0 radical (unpaired) electrons. The van der Waals surface area contributed by atoms with Gasteiger partial charge in [0, 0.05) is 7.11 Å². The minimum atomic E-state index is -0.709. The van der Waals surface area contributed by atoms with Crippen molar-refractivity contribution in [1.29, 1.82) is 0 Å². The summed E-state index contributed by atoms with van der Waals surface area (Å²) in [4.78, 5) is 24.2. The molecule has 0 saturated heterocycles. The normalized spacial score (nSPS) is 15.0. The van der Waals surface area contributed by atoms with Gasteiger partial charge in [-0.15, -0.1) is 0 Å². The first kappa shape index (κ1) is 17.1. The van der Waals surface area contributed by atoms with Gasteiger partial charge in [0.25, 0.3) is 0 Å². The lowest BCUT2D eigenvalue weighted by atomic mass is 9.81. The second-order valence-corrected chi connectivity index (χ2v) is 5.48. The summed E-state index contributed by atoms with van der Waals surface area (Å²) in [5.41, 5.74) is -0.329. The van der Waals surface area contributed by atoms with E-state index in [1.807, 2.05) is 27.7 Å². The Morgan fingerprint density at radius 2 is 1.72 bits per heavy atom. The Labute approximate surface area is 110 Å². The highest BCUT2D eigenvalue weighted by molar-refractivity contribution is 6.01. The van der Waals surface area contributed by atoms with Crippen molar-refractivity contribution in [3.63, 3.8) is 0 Å². The summed E-state index contributed by atoms with van der Waals surface area (Å²) < 4.78 is 10.2. The van der Waals surface area contributed by atoms with Crippen LogP contribution in [0.5, 0.6) is 0 Å². The van der Waals surface area contributed by atoms with Crippen LogP contribution in [0.15, 0.2) is 0 Å². The van der Waals surface area contributed by atoms with Gasteiger partial charge in [0.1, 0.15) is 12.0 Å². The molecule has 0 amide bonds. The molecule has 0 saturated carbocycles. The fourth-order valence-corrected chi connectivity index (χ4v) is 1.99. The van der Waals surface area contributed by atoms with Crippen LogP contribution in [-0.2, 0) is 19.1 Å². The predicted molar refractivity (Wildman–Crippen MR) is 70.3 cm³/mol. The summed E-state index contributed by atoms with van der Waals surface area (Å²) in [6.45, 7) is 9.74. The van der Waals surface area contributed by atoms with Gasteiger partial charge in [-0.2, -0.15) is 0 Å². The molecular weight excluding hydrogens is 232 g/mol. The van der Waals surface area contributed by atoms with Gasteiger partial charge < -0.3 is 9.47 Å². The van der Waals surface area contributed by atoms with E-state index in [2.05, 4.69) is 0 Å². The lowest BCUT2D eigenvalue weighted by molar-refractivity contribution is -0.157. The van der Waals surface area contributed by atoms with Crippen molar-refractivity contribution in [3.8, 4) is 0 Å². The van der Waals surface area contributed by atoms with E-state index in [1.165, 1.54) is 7.11 Å². The third-order valence-electron chi connectivity index (χ3n) is 2.77. The number of esters is 1. The van der Waals surface area contributed by atoms with E-state index in [4.69, 9.17) is 9.47 Å². The van der Waals surface area contributed by atoms with E-state index in [9.17, 15) is 9.59 Å². The lowest BCUT2D eigenvalue weighted by Crippen LogP contribution is -2.42. The van der Waals surface area contributed by atoms with E-state index < -0.39 is 18.0 Å². The highest BCUT2D eigenvalue weighted by atomic mass is 16.5. The van der Waals surface area contributed by atoms with Crippen LogP contribution in [0, 0.1) is 11.3 Å². The monoisotopic (exact) mass is 258 g/mol. The van der Waals surface area contributed by atoms with E-state index in [0.717, 1.165) is 6.42 Å². The third kappa shape index (κ3) is 4.77. The van der Waals surface area contributed by atoms with Gasteiger partial charge in [0.2, 0.25) is 0 Å². The largest absolute Gasteiger partial charge is 0.465 e. The van der Waals surface area contributed by atoms with Gasteiger partial charge in [-0.3, -0.25) is 9.59 Å². The number of hydrogen-bond acceptors (Lipinski definition) is 4. The zero-order valence-electron chi connectivity index (χ0n) is 12.4. The molecule has 4 nitrogen and oxygen atoms in total. The van der Waals surface area contributed by atoms with Crippen molar-refractivity contribution in [2.45, 2.75) is 53.6 Å². The SMILES string of the molecule is CCCC(C(=O)OCC)C(=O)C(OC)C(C)(C)C. The molecule has 2 unspecified atom stereocenters. The molecular formula is C14H26O4. The maximum Gasteiger partial charge on any atom is 0.316 e. The Balaban J connectivity index is 5.00. The predicted octanol–water partition coefficient (Wildman–Crippen LogP) is 2.60. The van der Waals surface area contributed by atoms with Crippen LogP contribution in [0.3, 0.4) is 0 Å². The Hall–Kier alpha value is -0.900. The maximum atomic E-state index is 12.4. The van der Waals surface area contributed by atoms with Crippen molar-refractivity contribution in [3.05, 3.63) is 0 Å². The first-order valence-electron chi connectivity index (χ1n) is 6.52.